The third-order valence-corrected chi connectivity index (χ3v) is 4.07. The molecular weight excluding hydrogens is 320 g/mol. The minimum Gasteiger partial charge on any atom is -0.394 e. The normalized spacial score (nSPS) is 51.1. The van der Waals surface area contributed by atoms with E-state index in [1.807, 2.05) is 0 Å². The topological polar surface area (TPSA) is 190 Å². The minimum atomic E-state index is -2.22. The lowest BCUT2D eigenvalue weighted by molar-refractivity contribution is -0.383. The molecule has 2 saturated heterocycles. The average Bonchev–Trinajstić information content (AvgIpc) is 2.80. The van der Waals surface area contributed by atoms with Gasteiger partial charge in [-0.05, 0) is 0 Å². The van der Waals surface area contributed by atoms with E-state index in [4.69, 9.17) is 24.4 Å². The van der Waals surface area contributed by atoms with Crippen molar-refractivity contribution in [2.45, 2.75) is 54.8 Å². The van der Waals surface area contributed by atoms with Gasteiger partial charge in [0.2, 0.25) is 5.79 Å². The van der Waals surface area contributed by atoms with Crippen molar-refractivity contribution in [3.8, 4) is 0 Å². The predicted octanol–water partition coefficient (Wildman–Crippen LogP) is -5.40. The number of hydrogen-bond acceptors (Lipinski definition) is 11. The first-order valence-corrected chi connectivity index (χ1v) is 7.05. The highest BCUT2D eigenvalue weighted by Crippen LogP contribution is 2.35. The van der Waals surface area contributed by atoms with Crippen LogP contribution in [0.25, 0.3) is 0 Å². The number of aliphatic hydroxyl groups excluding tert-OH is 8. The molecule has 23 heavy (non-hydrogen) atoms. The largest absolute Gasteiger partial charge is 0.394 e. The molecule has 2 aliphatic heterocycles. The minimum absolute atomic E-state index is 0.669. The fourth-order valence-corrected chi connectivity index (χ4v) is 2.63. The molecule has 0 saturated carbocycles. The third-order valence-electron chi connectivity index (χ3n) is 4.07. The third kappa shape index (κ3) is 3.23. The van der Waals surface area contributed by atoms with Gasteiger partial charge in [-0.1, -0.05) is 0 Å². The van der Waals surface area contributed by atoms with E-state index in [-0.39, 0.29) is 0 Å². The maximum atomic E-state index is 10.00. The lowest BCUT2D eigenvalue weighted by atomic mass is 9.99. The molecule has 0 radical (unpaired) electrons. The lowest BCUT2D eigenvalue weighted by Gasteiger charge is -2.43. The Morgan fingerprint density at radius 2 is 1.39 bits per heavy atom. The van der Waals surface area contributed by atoms with Crippen molar-refractivity contribution in [2.75, 3.05) is 19.8 Å². The molecule has 2 rings (SSSR count). The highest BCUT2D eigenvalue weighted by atomic mass is 16.8. The molecule has 9 atom stereocenters. The fourth-order valence-electron chi connectivity index (χ4n) is 2.63. The van der Waals surface area contributed by atoms with Gasteiger partial charge in [0.05, 0.1) is 13.2 Å². The zero-order valence-corrected chi connectivity index (χ0v) is 12.0. The van der Waals surface area contributed by atoms with Gasteiger partial charge in [0, 0.05) is 0 Å². The van der Waals surface area contributed by atoms with Gasteiger partial charge < -0.3 is 55.1 Å². The molecule has 2 aliphatic rings. The van der Waals surface area contributed by atoms with Gasteiger partial charge in [-0.2, -0.15) is 0 Å². The van der Waals surface area contributed by atoms with Crippen LogP contribution in [0.5, 0.6) is 0 Å². The van der Waals surface area contributed by atoms with Gasteiger partial charge >= 0.3 is 0 Å². The molecule has 136 valence electrons. The number of hydrogen-bond donors (Lipinski definition) is 8. The van der Waals surface area contributed by atoms with Gasteiger partial charge in [-0.25, -0.2) is 0 Å². The monoisotopic (exact) mass is 342 g/mol. The molecule has 11 nitrogen and oxygen atoms in total. The summed E-state index contributed by atoms with van der Waals surface area (Å²) in [6.45, 7) is -2.32. The Kier molecular flexibility index (Phi) is 5.92. The second kappa shape index (κ2) is 7.21. The van der Waals surface area contributed by atoms with Gasteiger partial charge in [-0.15, -0.1) is 0 Å². The van der Waals surface area contributed by atoms with Crippen LogP contribution in [0.2, 0.25) is 0 Å². The summed E-state index contributed by atoms with van der Waals surface area (Å²) in [7, 11) is 0. The van der Waals surface area contributed by atoms with Gasteiger partial charge in [0.15, 0.2) is 6.29 Å². The molecule has 0 bridgehead atoms. The first-order chi connectivity index (χ1) is 10.8. The molecule has 0 aromatic carbocycles. The van der Waals surface area contributed by atoms with Gasteiger partial charge in [-0.3, -0.25) is 0 Å². The van der Waals surface area contributed by atoms with E-state index in [1.165, 1.54) is 0 Å². The molecule has 8 N–H and O–H groups in total. The van der Waals surface area contributed by atoms with Crippen molar-refractivity contribution < 1.29 is 55.1 Å². The van der Waals surface area contributed by atoms with E-state index < -0.39 is 74.6 Å². The van der Waals surface area contributed by atoms with Crippen molar-refractivity contribution in [1.82, 2.24) is 0 Å². The second-order valence-corrected chi connectivity index (χ2v) is 5.56. The van der Waals surface area contributed by atoms with Crippen molar-refractivity contribution in [1.29, 1.82) is 0 Å². The highest BCUT2D eigenvalue weighted by molar-refractivity contribution is 4.98. The van der Waals surface area contributed by atoms with Crippen LogP contribution in [0.3, 0.4) is 0 Å². The Morgan fingerprint density at radius 3 is 1.87 bits per heavy atom. The summed E-state index contributed by atoms with van der Waals surface area (Å²) in [5.74, 6) is -2.22. The maximum Gasteiger partial charge on any atom is 0.224 e. The molecule has 0 aromatic heterocycles. The van der Waals surface area contributed by atoms with E-state index in [0.29, 0.717) is 0 Å². The van der Waals surface area contributed by atoms with Gasteiger partial charge in [0.1, 0.15) is 49.3 Å². The van der Waals surface area contributed by atoms with Crippen LogP contribution in [-0.2, 0) is 14.2 Å². The summed E-state index contributed by atoms with van der Waals surface area (Å²) in [4.78, 5) is 0. The smallest absolute Gasteiger partial charge is 0.224 e. The van der Waals surface area contributed by atoms with Gasteiger partial charge in [0.25, 0.3) is 0 Å². The molecule has 0 amide bonds. The SMILES string of the molecule is OCC1O[C@H](O[C@@]2(CO)O[C@@H](CO)[C@@H](O)C2O)C(O)[C@@H](O)[C@H]1O. The van der Waals surface area contributed by atoms with E-state index >= 15 is 0 Å². The maximum absolute atomic E-state index is 10.00. The standard InChI is InChI=1S/C12H22O11/c13-1-4-6(16)8(18)9(19)11(21-4)23-12(3-15)10(20)7(17)5(2-14)22-12/h4-11,13-20H,1-3H2/t4?,5-,6-,7+,8-,9?,10?,11+,12+/m0/s1. The summed E-state index contributed by atoms with van der Waals surface area (Å²) < 4.78 is 15.4. The molecule has 0 aromatic rings. The summed E-state index contributed by atoms with van der Waals surface area (Å²) >= 11 is 0. The zero-order chi connectivity index (χ0) is 17.4. The Hall–Kier alpha value is -0.440. The molecular formula is C12H22O11. The van der Waals surface area contributed by atoms with Crippen molar-refractivity contribution >= 4 is 0 Å². The fraction of sp³-hybridized carbons (Fsp3) is 1.00. The van der Waals surface area contributed by atoms with Crippen LogP contribution in [0.15, 0.2) is 0 Å². The Labute approximate surface area is 130 Å². The first-order valence-electron chi connectivity index (χ1n) is 7.05. The zero-order valence-electron chi connectivity index (χ0n) is 12.0. The Morgan fingerprint density at radius 1 is 0.783 bits per heavy atom. The van der Waals surface area contributed by atoms with Crippen LogP contribution in [0.1, 0.15) is 0 Å². The van der Waals surface area contributed by atoms with Crippen molar-refractivity contribution in [3.63, 3.8) is 0 Å². The molecule has 3 unspecified atom stereocenters. The van der Waals surface area contributed by atoms with E-state index in [9.17, 15) is 30.6 Å². The summed E-state index contributed by atoms with van der Waals surface area (Å²) in [6.07, 6.45) is -12.7. The lowest BCUT2D eigenvalue weighted by Crippen LogP contribution is -2.62. The van der Waals surface area contributed by atoms with E-state index in [2.05, 4.69) is 0 Å². The summed E-state index contributed by atoms with van der Waals surface area (Å²) in [6, 6.07) is 0. The molecule has 0 aliphatic carbocycles. The van der Waals surface area contributed by atoms with Crippen LogP contribution in [0, 0.1) is 0 Å². The Balaban J connectivity index is 2.18. The van der Waals surface area contributed by atoms with Crippen LogP contribution in [0.4, 0.5) is 0 Å². The van der Waals surface area contributed by atoms with E-state index in [1.54, 1.807) is 0 Å². The first kappa shape index (κ1) is 18.9. The molecule has 2 fully saturated rings. The summed E-state index contributed by atoms with van der Waals surface area (Å²) in [5.41, 5.74) is 0. The summed E-state index contributed by atoms with van der Waals surface area (Å²) in [5, 5.41) is 76.7. The average molecular weight is 342 g/mol. The molecule has 2 heterocycles. The predicted molar refractivity (Wildman–Crippen MR) is 68.6 cm³/mol. The molecule has 0 spiro atoms. The van der Waals surface area contributed by atoms with Crippen LogP contribution < -0.4 is 0 Å². The molecule has 11 heteroatoms. The quantitative estimate of drug-likeness (QED) is 0.238. The number of rotatable bonds is 5. The number of ether oxygens (including phenoxy) is 3. The highest BCUT2D eigenvalue weighted by Gasteiger charge is 2.58. The van der Waals surface area contributed by atoms with E-state index in [0.717, 1.165) is 0 Å². The van der Waals surface area contributed by atoms with Crippen molar-refractivity contribution in [3.05, 3.63) is 0 Å². The van der Waals surface area contributed by atoms with Crippen molar-refractivity contribution in [2.24, 2.45) is 0 Å². The van der Waals surface area contributed by atoms with Crippen LogP contribution in [-0.4, -0.2) is 115 Å². The number of aliphatic hydroxyl groups is 8. The Bertz CT molecular complexity index is 393. The second-order valence-electron chi connectivity index (χ2n) is 5.56. The van der Waals surface area contributed by atoms with Crippen LogP contribution >= 0.6 is 0 Å².